The topological polar surface area (TPSA) is 72.9 Å². The van der Waals surface area contributed by atoms with E-state index in [1.54, 1.807) is 6.20 Å². The molecular weight excluding hydrogens is 216 g/mol. The molecule has 1 aromatic heterocycles. The molecule has 0 aliphatic heterocycles. The molecular formula is C12H14N4O. The number of aryl methyl sites for hydroxylation is 1. The van der Waals surface area contributed by atoms with Gasteiger partial charge in [0, 0.05) is 18.1 Å². The summed E-state index contributed by atoms with van der Waals surface area (Å²) in [5.41, 5.74) is 4.02. The molecule has 0 spiro atoms. The van der Waals surface area contributed by atoms with E-state index in [0.717, 1.165) is 12.1 Å². The largest absolute Gasteiger partial charge is 0.304 e. The molecule has 1 heterocycles. The fourth-order valence-corrected chi connectivity index (χ4v) is 1.64. The molecule has 0 bridgehead atoms. The molecule has 2 aromatic rings. The molecule has 0 aliphatic carbocycles. The van der Waals surface area contributed by atoms with Crippen molar-refractivity contribution in [2.75, 3.05) is 5.43 Å². The van der Waals surface area contributed by atoms with Crippen molar-refractivity contribution >= 4 is 5.82 Å². The lowest BCUT2D eigenvalue weighted by Crippen LogP contribution is -2.25. The Morgan fingerprint density at radius 1 is 1.47 bits per heavy atom. The van der Waals surface area contributed by atoms with Crippen molar-refractivity contribution in [3.63, 3.8) is 0 Å². The van der Waals surface area contributed by atoms with Gasteiger partial charge in [-0.2, -0.15) is 0 Å². The summed E-state index contributed by atoms with van der Waals surface area (Å²) in [5.74, 6) is 5.36. The van der Waals surface area contributed by atoms with E-state index in [1.165, 1.54) is 16.3 Å². The third kappa shape index (κ3) is 2.19. The molecule has 5 heteroatoms. The summed E-state index contributed by atoms with van der Waals surface area (Å²) in [6.07, 6.45) is 4.09. The number of anilines is 1. The van der Waals surface area contributed by atoms with Gasteiger partial charge in [0.1, 0.15) is 0 Å². The predicted molar refractivity (Wildman–Crippen MR) is 67.0 cm³/mol. The molecule has 0 radical (unpaired) electrons. The van der Waals surface area contributed by atoms with Crippen molar-refractivity contribution in [1.29, 1.82) is 0 Å². The second-order valence-corrected chi connectivity index (χ2v) is 3.62. The van der Waals surface area contributed by atoms with Gasteiger partial charge in [-0.1, -0.05) is 19.1 Å². The normalized spacial score (nSPS) is 10.2. The van der Waals surface area contributed by atoms with Gasteiger partial charge in [0.25, 0.3) is 5.56 Å². The van der Waals surface area contributed by atoms with Crippen LogP contribution in [-0.2, 0) is 6.42 Å². The van der Waals surface area contributed by atoms with Gasteiger partial charge in [-0.25, -0.2) is 10.8 Å². The van der Waals surface area contributed by atoms with E-state index in [0.29, 0.717) is 0 Å². The number of benzene rings is 1. The Bertz CT molecular complexity index is 577. The van der Waals surface area contributed by atoms with Crippen LogP contribution in [0.2, 0.25) is 0 Å². The zero-order valence-corrected chi connectivity index (χ0v) is 9.55. The first-order chi connectivity index (χ1) is 8.26. The minimum atomic E-state index is -0.261. The zero-order valence-electron chi connectivity index (χ0n) is 9.55. The van der Waals surface area contributed by atoms with Gasteiger partial charge >= 0.3 is 0 Å². The molecule has 5 nitrogen and oxygen atoms in total. The quantitative estimate of drug-likeness (QED) is 0.611. The first-order valence-corrected chi connectivity index (χ1v) is 5.40. The van der Waals surface area contributed by atoms with E-state index in [2.05, 4.69) is 17.3 Å². The summed E-state index contributed by atoms with van der Waals surface area (Å²) >= 11 is 0. The van der Waals surface area contributed by atoms with E-state index >= 15 is 0 Å². The number of hydrogen-bond acceptors (Lipinski definition) is 4. The minimum Gasteiger partial charge on any atom is -0.304 e. The van der Waals surface area contributed by atoms with Crippen molar-refractivity contribution in [2.45, 2.75) is 13.3 Å². The lowest BCUT2D eigenvalue weighted by atomic mass is 10.1. The summed E-state index contributed by atoms with van der Waals surface area (Å²) in [5, 5.41) is 0. The maximum Gasteiger partial charge on any atom is 0.299 e. The Morgan fingerprint density at radius 2 is 2.29 bits per heavy atom. The van der Waals surface area contributed by atoms with Crippen molar-refractivity contribution in [3.8, 4) is 5.69 Å². The highest BCUT2D eigenvalue weighted by Crippen LogP contribution is 2.09. The molecule has 0 saturated carbocycles. The summed E-state index contributed by atoms with van der Waals surface area (Å²) in [6, 6.07) is 7.80. The summed E-state index contributed by atoms with van der Waals surface area (Å²) < 4.78 is 1.52. The van der Waals surface area contributed by atoms with Crippen LogP contribution in [0.3, 0.4) is 0 Å². The highest BCUT2D eigenvalue weighted by molar-refractivity contribution is 5.39. The smallest absolute Gasteiger partial charge is 0.299 e. The lowest BCUT2D eigenvalue weighted by Gasteiger charge is -2.08. The molecule has 0 fully saturated rings. The highest BCUT2D eigenvalue weighted by Gasteiger charge is 2.04. The number of hydrazine groups is 1. The minimum absolute atomic E-state index is 0.134. The number of nitrogens with one attached hydrogen (secondary N) is 1. The summed E-state index contributed by atoms with van der Waals surface area (Å²) in [7, 11) is 0. The molecule has 0 aliphatic rings. The molecule has 88 valence electrons. The van der Waals surface area contributed by atoms with Crippen molar-refractivity contribution in [3.05, 3.63) is 52.6 Å². The second kappa shape index (κ2) is 4.80. The number of nitrogens with two attached hydrogens (primary N) is 1. The van der Waals surface area contributed by atoms with Gasteiger partial charge in [0.15, 0.2) is 0 Å². The van der Waals surface area contributed by atoms with Crippen molar-refractivity contribution in [1.82, 2.24) is 9.55 Å². The average molecular weight is 230 g/mol. The van der Waals surface area contributed by atoms with Gasteiger partial charge in [-0.05, 0) is 24.1 Å². The molecule has 2 rings (SSSR count). The number of nitrogen functional groups attached to an aromatic ring is 1. The molecule has 1 aromatic carbocycles. The number of hydrogen-bond donors (Lipinski definition) is 2. The van der Waals surface area contributed by atoms with Crippen molar-refractivity contribution < 1.29 is 0 Å². The van der Waals surface area contributed by atoms with Crippen LogP contribution in [0, 0.1) is 0 Å². The van der Waals surface area contributed by atoms with Crippen molar-refractivity contribution in [2.24, 2.45) is 5.84 Å². The fourth-order valence-electron chi connectivity index (χ4n) is 1.64. The molecule has 17 heavy (non-hydrogen) atoms. The van der Waals surface area contributed by atoms with Crippen LogP contribution in [0.15, 0.2) is 41.5 Å². The molecule has 0 saturated heterocycles. The van der Waals surface area contributed by atoms with E-state index in [4.69, 9.17) is 5.84 Å². The first kappa shape index (κ1) is 11.3. The standard InChI is InChI=1S/C12H14N4O/c1-2-9-4-3-5-10(8-9)16-7-6-14-11(15-13)12(16)17/h3-8H,2,13H2,1H3,(H,14,15). The SMILES string of the molecule is CCc1cccc(-n2ccnc(NN)c2=O)c1. The summed E-state index contributed by atoms with van der Waals surface area (Å²) in [6.45, 7) is 2.07. The highest BCUT2D eigenvalue weighted by atomic mass is 16.1. The Kier molecular flexibility index (Phi) is 3.20. The third-order valence-corrected chi connectivity index (χ3v) is 2.57. The molecule has 0 atom stereocenters. The van der Waals surface area contributed by atoms with Crippen LogP contribution >= 0.6 is 0 Å². The van der Waals surface area contributed by atoms with Gasteiger partial charge in [0.05, 0.1) is 0 Å². The van der Waals surface area contributed by atoms with Crippen LogP contribution < -0.4 is 16.8 Å². The summed E-state index contributed by atoms with van der Waals surface area (Å²) in [4.78, 5) is 15.8. The van der Waals surface area contributed by atoms with Crippen LogP contribution in [0.25, 0.3) is 5.69 Å². The van der Waals surface area contributed by atoms with E-state index in [1.807, 2.05) is 24.3 Å². The maximum absolute atomic E-state index is 12.0. The molecule has 0 unspecified atom stereocenters. The molecule has 3 N–H and O–H groups in total. The zero-order chi connectivity index (χ0) is 12.3. The number of rotatable bonds is 3. The number of aromatic nitrogens is 2. The van der Waals surface area contributed by atoms with E-state index in [-0.39, 0.29) is 11.4 Å². The van der Waals surface area contributed by atoms with Crippen LogP contribution in [0.4, 0.5) is 5.82 Å². The lowest BCUT2D eigenvalue weighted by molar-refractivity contribution is 0.948. The Labute approximate surface area is 98.9 Å². The van der Waals surface area contributed by atoms with Gasteiger partial charge in [0.2, 0.25) is 5.82 Å². The van der Waals surface area contributed by atoms with Crippen LogP contribution in [0.5, 0.6) is 0 Å². The monoisotopic (exact) mass is 230 g/mol. The Hall–Kier alpha value is -2.14. The third-order valence-electron chi connectivity index (χ3n) is 2.57. The second-order valence-electron chi connectivity index (χ2n) is 3.62. The van der Waals surface area contributed by atoms with Crippen LogP contribution in [-0.4, -0.2) is 9.55 Å². The van der Waals surface area contributed by atoms with Gasteiger partial charge in [-0.15, -0.1) is 0 Å². The van der Waals surface area contributed by atoms with Gasteiger partial charge < -0.3 is 5.43 Å². The predicted octanol–water partition coefficient (Wildman–Crippen LogP) is 1.08. The average Bonchev–Trinajstić information content (AvgIpc) is 2.39. The maximum atomic E-state index is 12.0. The van der Waals surface area contributed by atoms with E-state index < -0.39 is 0 Å². The number of nitrogens with zero attached hydrogens (tertiary/aromatic N) is 2. The van der Waals surface area contributed by atoms with E-state index in [9.17, 15) is 4.79 Å². The Morgan fingerprint density at radius 3 is 3.00 bits per heavy atom. The van der Waals surface area contributed by atoms with Crippen LogP contribution in [0.1, 0.15) is 12.5 Å². The molecule has 0 amide bonds. The Balaban J connectivity index is 2.56. The fraction of sp³-hybridized carbons (Fsp3) is 0.167. The van der Waals surface area contributed by atoms with Gasteiger partial charge in [-0.3, -0.25) is 9.36 Å². The first-order valence-electron chi connectivity index (χ1n) is 5.40.